The summed E-state index contributed by atoms with van der Waals surface area (Å²) in [6, 6.07) is 15.7. The van der Waals surface area contributed by atoms with Gasteiger partial charge in [0.25, 0.3) is 10.1 Å². The Kier molecular flexibility index (Phi) is 7.17. The fraction of sp³-hybridized carbons (Fsp3) is 0.316. The van der Waals surface area contributed by atoms with Gasteiger partial charge >= 0.3 is 6.09 Å². The first-order valence-electron chi connectivity index (χ1n) is 8.35. The van der Waals surface area contributed by atoms with E-state index in [-0.39, 0.29) is 18.0 Å². The summed E-state index contributed by atoms with van der Waals surface area (Å²) >= 11 is 0. The van der Waals surface area contributed by atoms with Gasteiger partial charge in [0.2, 0.25) is 0 Å². The first-order chi connectivity index (χ1) is 12.4. The van der Waals surface area contributed by atoms with Crippen molar-refractivity contribution < 1.29 is 22.1 Å². The van der Waals surface area contributed by atoms with Crippen molar-refractivity contribution in [2.75, 3.05) is 6.54 Å². The third-order valence-electron chi connectivity index (χ3n) is 3.71. The minimum Gasteiger partial charge on any atom is -0.445 e. The molecule has 0 radical (unpaired) electrons. The standard InChI is InChI=1S/C19H23NO5S/c1-3-17(25-26(22,23)18-11-9-15(2)10-12-18)13-20-19(21)24-14-16-7-5-4-6-8-16/h4-12,17H,3,13-14H2,1-2H3,(H,20,21). The van der Waals surface area contributed by atoms with Crippen LogP contribution in [0.5, 0.6) is 0 Å². The SMILES string of the molecule is CCC(CNC(=O)OCc1ccccc1)OS(=O)(=O)c1ccc(C)cc1. The maximum atomic E-state index is 12.3. The molecule has 2 rings (SSSR count). The van der Waals surface area contributed by atoms with Gasteiger partial charge in [-0.3, -0.25) is 4.18 Å². The van der Waals surface area contributed by atoms with Crippen LogP contribution < -0.4 is 5.32 Å². The first kappa shape index (κ1) is 19.9. The topological polar surface area (TPSA) is 81.7 Å². The highest BCUT2D eigenvalue weighted by atomic mass is 32.2. The Balaban J connectivity index is 1.84. The summed E-state index contributed by atoms with van der Waals surface area (Å²) < 4.78 is 34.9. The number of rotatable bonds is 8. The molecule has 6 nitrogen and oxygen atoms in total. The first-order valence-corrected chi connectivity index (χ1v) is 9.76. The van der Waals surface area contributed by atoms with Crippen LogP contribution in [0, 0.1) is 6.92 Å². The van der Waals surface area contributed by atoms with Gasteiger partial charge in [-0.1, -0.05) is 55.0 Å². The highest BCUT2D eigenvalue weighted by Crippen LogP contribution is 2.16. The molecule has 1 N–H and O–H groups in total. The van der Waals surface area contributed by atoms with E-state index in [0.29, 0.717) is 6.42 Å². The van der Waals surface area contributed by atoms with Crippen LogP contribution in [0.1, 0.15) is 24.5 Å². The van der Waals surface area contributed by atoms with Crippen molar-refractivity contribution in [1.82, 2.24) is 5.32 Å². The number of carbonyl (C=O) groups excluding carboxylic acids is 1. The number of carbonyl (C=O) groups is 1. The van der Waals surface area contributed by atoms with Gasteiger partial charge in [0.1, 0.15) is 6.61 Å². The number of ether oxygens (including phenoxy) is 1. The number of amides is 1. The van der Waals surface area contributed by atoms with Crippen LogP contribution in [-0.2, 0) is 25.6 Å². The summed E-state index contributed by atoms with van der Waals surface area (Å²) in [7, 11) is -3.88. The zero-order valence-electron chi connectivity index (χ0n) is 14.8. The van der Waals surface area contributed by atoms with Crippen molar-refractivity contribution in [3.05, 3.63) is 65.7 Å². The molecule has 26 heavy (non-hydrogen) atoms. The van der Waals surface area contributed by atoms with Gasteiger partial charge in [-0.05, 0) is 31.0 Å². The van der Waals surface area contributed by atoms with Gasteiger partial charge in [0, 0.05) is 6.54 Å². The normalized spacial score (nSPS) is 12.4. The molecule has 0 heterocycles. The predicted molar refractivity (Wildman–Crippen MR) is 98.2 cm³/mol. The van der Waals surface area contributed by atoms with Gasteiger partial charge in [0.05, 0.1) is 11.0 Å². The Morgan fingerprint density at radius 2 is 1.73 bits per heavy atom. The van der Waals surface area contributed by atoms with Gasteiger partial charge < -0.3 is 10.1 Å². The van der Waals surface area contributed by atoms with E-state index >= 15 is 0 Å². The molecule has 2 aromatic rings. The molecule has 0 saturated carbocycles. The fourth-order valence-corrected chi connectivity index (χ4v) is 3.30. The van der Waals surface area contributed by atoms with Crippen molar-refractivity contribution in [1.29, 1.82) is 0 Å². The predicted octanol–water partition coefficient (Wildman–Crippen LogP) is 3.41. The van der Waals surface area contributed by atoms with Crippen LogP contribution in [0.3, 0.4) is 0 Å². The van der Waals surface area contributed by atoms with Crippen molar-refractivity contribution >= 4 is 16.2 Å². The van der Waals surface area contributed by atoms with Crippen molar-refractivity contribution in [2.45, 2.75) is 37.9 Å². The molecule has 1 amide bonds. The van der Waals surface area contributed by atoms with E-state index in [1.165, 1.54) is 12.1 Å². The summed E-state index contributed by atoms with van der Waals surface area (Å²) in [4.78, 5) is 11.9. The molecule has 0 aliphatic rings. The second-order valence-electron chi connectivity index (χ2n) is 5.84. The van der Waals surface area contributed by atoms with E-state index in [4.69, 9.17) is 8.92 Å². The number of hydrogen-bond donors (Lipinski definition) is 1. The molecule has 1 unspecified atom stereocenters. The van der Waals surface area contributed by atoms with E-state index < -0.39 is 22.3 Å². The summed E-state index contributed by atoms with van der Waals surface area (Å²) in [6.07, 6.45) is -0.876. The molecule has 0 spiro atoms. The van der Waals surface area contributed by atoms with Crippen molar-refractivity contribution in [3.8, 4) is 0 Å². The Labute approximate surface area is 154 Å². The molecule has 0 aliphatic heterocycles. The second kappa shape index (κ2) is 9.35. The summed E-state index contributed by atoms with van der Waals surface area (Å²) in [5.41, 5.74) is 1.83. The van der Waals surface area contributed by atoms with E-state index in [0.717, 1.165) is 11.1 Å². The average Bonchev–Trinajstić information content (AvgIpc) is 2.64. The zero-order chi connectivity index (χ0) is 19.0. The third kappa shape index (κ3) is 6.16. The smallest absolute Gasteiger partial charge is 0.407 e. The number of hydrogen-bond acceptors (Lipinski definition) is 5. The molecule has 140 valence electrons. The van der Waals surface area contributed by atoms with E-state index in [1.807, 2.05) is 37.3 Å². The maximum absolute atomic E-state index is 12.3. The molecule has 1 atom stereocenters. The molecule has 2 aromatic carbocycles. The Morgan fingerprint density at radius 3 is 2.35 bits per heavy atom. The van der Waals surface area contributed by atoms with Crippen LogP contribution >= 0.6 is 0 Å². The quantitative estimate of drug-likeness (QED) is 0.713. The lowest BCUT2D eigenvalue weighted by Crippen LogP contribution is -2.35. The number of aryl methyl sites for hydroxylation is 1. The minimum absolute atomic E-state index is 0.0369. The van der Waals surface area contributed by atoms with Crippen molar-refractivity contribution in [3.63, 3.8) is 0 Å². The molecule has 7 heteroatoms. The van der Waals surface area contributed by atoms with Crippen LogP contribution in [0.4, 0.5) is 4.79 Å². The van der Waals surface area contributed by atoms with Crippen LogP contribution in [0.25, 0.3) is 0 Å². The largest absolute Gasteiger partial charge is 0.445 e. The lowest BCUT2D eigenvalue weighted by Gasteiger charge is -2.16. The number of benzene rings is 2. The lowest BCUT2D eigenvalue weighted by molar-refractivity contribution is 0.130. The van der Waals surface area contributed by atoms with Gasteiger partial charge in [-0.25, -0.2) is 4.79 Å². The monoisotopic (exact) mass is 377 g/mol. The lowest BCUT2D eigenvalue weighted by atomic mass is 10.2. The van der Waals surface area contributed by atoms with E-state index in [9.17, 15) is 13.2 Å². The second-order valence-corrected chi connectivity index (χ2v) is 7.41. The molecular formula is C19H23NO5S. The van der Waals surface area contributed by atoms with Crippen LogP contribution in [0.15, 0.2) is 59.5 Å². The molecule has 0 aliphatic carbocycles. The number of nitrogens with one attached hydrogen (secondary N) is 1. The Morgan fingerprint density at radius 1 is 1.08 bits per heavy atom. The highest BCUT2D eigenvalue weighted by molar-refractivity contribution is 7.86. The fourth-order valence-electron chi connectivity index (χ4n) is 2.16. The molecule has 0 saturated heterocycles. The molecule has 0 bridgehead atoms. The summed E-state index contributed by atoms with van der Waals surface area (Å²) in [5.74, 6) is 0. The summed E-state index contributed by atoms with van der Waals surface area (Å²) in [6.45, 7) is 3.84. The van der Waals surface area contributed by atoms with E-state index in [1.54, 1.807) is 19.1 Å². The Bertz CT molecular complexity index is 804. The van der Waals surface area contributed by atoms with Gasteiger partial charge in [-0.15, -0.1) is 0 Å². The minimum atomic E-state index is -3.88. The van der Waals surface area contributed by atoms with Gasteiger partial charge in [-0.2, -0.15) is 8.42 Å². The summed E-state index contributed by atoms with van der Waals surface area (Å²) in [5, 5.41) is 2.54. The van der Waals surface area contributed by atoms with E-state index in [2.05, 4.69) is 5.32 Å². The third-order valence-corrected chi connectivity index (χ3v) is 5.09. The highest BCUT2D eigenvalue weighted by Gasteiger charge is 2.21. The van der Waals surface area contributed by atoms with Crippen molar-refractivity contribution in [2.24, 2.45) is 0 Å². The van der Waals surface area contributed by atoms with Gasteiger partial charge in [0.15, 0.2) is 0 Å². The Hall–Kier alpha value is -2.38. The molecular weight excluding hydrogens is 354 g/mol. The average molecular weight is 377 g/mol. The molecule has 0 fully saturated rings. The van der Waals surface area contributed by atoms with Crippen LogP contribution in [-0.4, -0.2) is 27.2 Å². The maximum Gasteiger partial charge on any atom is 0.407 e. The zero-order valence-corrected chi connectivity index (χ0v) is 15.7. The number of alkyl carbamates (subject to hydrolysis) is 1. The van der Waals surface area contributed by atoms with Crippen LogP contribution in [0.2, 0.25) is 0 Å². The molecule has 0 aromatic heterocycles.